The normalized spacial score (nSPS) is 23.5. The third-order valence-corrected chi connectivity index (χ3v) is 3.32. The molecular formula is C13H9N3O. The Balaban J connectivity index is 2.05. The Morgan fingerprint density at radius 2 is 2.12 bits per heavy atom. The fourth-order valence-corrected chi connectivity index (χ4v) is 2.48. The first-order valence-electron chi connectivity index (χ1n) is 5.43. The standard InChI is InChI=1S/C13H9N3O/c1-2-4-11-9(3-1)13(8-14-11)5-6-17-12-10(13)7-15-16-12/h1-8H,(H,15,16). The van der Waals surface area contributed by atoms with Gasteiger partial charge in [-0.05, 0) is 17.7 Å². The van der Waals surface area contributed by atoms with Gasteiger partial charge in [0.1, 0.15) is 0 Å². The predicted octanol–water partition coefficient (Wildman–Crippen LogP) is 2.32. The van der Waals surface area contributed by atoms with Crippen LogP contribution in [0, 0.1) is 0 Å². The summed E-state index contributed by atoms with van der Waals surface area (Å²) in [6.07, 6.45) is 7.45. The molecule has 2 aromatic rings. The first-order chi connectivity index (χ1) is 8.40. The zero-order valence-corrected chi connectivity index (χ0v) is 8.92. The molecule has 3 heterocycles. The van der Waals surface area contributed by atoms with Gasteiger partial charge >= 0.3 is 0 Å². The van der Waals surface area contributed by atoms with Gasteiger partial charge in [-0.2, -0.15) is 5.10 Å². The van der Waals surface area contributed by atoms with Crippen molar-refractivity contribution < 1.29 is 4.74 Å². The van der Waals surface area contributed by atoms with Crippen molar-refractivity contribution in [1.29, 1.82) is 0 Å². The number of para-hydroxylation sites is 1. The molecule has 4 rings (SSSR count). The van der Waals surface area contributed by atoms with Crippen molar-refractivity contribution in [3.05, 3.63) is 53.9 Å². The summed E-state index contributed by atoms with van der Waals surface area (Å²) in [6.45, 7) is 0. The number of nitrogens with one attached hydrogen (secondary N) is 1. The second-order valence-corrected chi connectivity index (χ2v) is 4.18. The first kappa shape index (κ1) is 8.75. The average molecular weight is 223 g/mol. The number of aliphatic imine (C=N–C) groups is 1. The van der Waals surface area contributed by atoms with E-state index in [1.165, 1.54) is 5.56 Å². The number of nitrogens with zero attached hydrogens (tertiary/aromatic N) is 2. The van der Waals surface area contributed by atoms with Gasteiger partial charge in [-0.15, -0.1) is 0 Å². The molecule has 0 saturated heterocycles. The second kappa shape index (κ2) is 2.85. The summed E-state index contributed by atoms with van der Waals surface area (Å²) >= 11 is 0. The topological polar surface area (TPSA) is 50.3 Å². The summed E-state index contributed by atoms with van der Waals surface area (Å²) in [7, 11) is 0. The number of aromatic nitrogens is 2. The fraction of sp³-hybridized carbons (Fsp3) is 0.0769. The molecule has 0 bridgehead atoms. The number of ether oxygens (including phenoxy) is 1. The minimum atomic E-state index is -0.322. The van der Waals surface area contributed by atoms with Crippen LogP contribution in [-0.2, 0) is 5.41 Å². The van der Waals surface area contributed by atoms with Crippen LogP contribution in [0.1, 0.15) is 11.1 Å². The molecule has 2 aliphatic rings. The van der Waals surface area contributed by atoms with Crippen molar-refractivity contribution in [2.75, 3.05) is 0 Å². The quantitative estimate of drug-likeness (QED) is 0.745. The molecule has 2 aliphatic heterocycles. The van der Waals surface area contributed by atoms with E-state index in [4.69, 9.17) is 4.74 Å². The lowest BCUT2D eigenvalue weighted by Gasteiger charge is -2.26. The molecular weight excluding hydrogens is 214 g/mol. The minimum absolute atomic E-state index is 0.322. The van der Waals surface area contributed by atoms with E-state index in [1.807, 2.05) is 30.5 Å². The van der Waals surface area contributed by atoms with Crippen molar-refractivity contribution in [1.82, 2.24) is 10.2 Å². The smallest absolute Gasteiger partial charge is 0.219 e. The summed E-state index contributed by atoms with van der Waals surface area (Å²) in [6, 6.07) is 8.13. The van der Waals surface area contributed by atoms with Gasteiger partial charge in [0.25, 0.3) is 0 Å². The Bertz CT molecular complexity index is 656. The van der Waals surface area contributed by atoms with E-state index in [1.54, 1.807) is 12.5 Å². The number of H-pyrrole nitrogens is 1. The van der Waals surface area contributed by atoms with Crippen LogP contribution in [0.3, 0.4) is 0 Å². The number of hydrogen-bond acceptors (Lipinski definition) is 3. The lowest BCUT2D eigenvalue weighted by molar-refractivity contribution is 0.435. The van der Waals surface area contributed by atoms with Crippen molar-refractivity contribution in [2.24, 2.45) is 4.99 Å². The van der Waals surface area contributed by atoms with Gasteiger partial charge in [0.05, 0.1) is 29.1 Å². The fourth-order valence-electron chi connectivity index (χ4n) is 2.48. The average Bonchev–Trinajstić information content (AvgIpc) is 2.97. The molecule has 0 amide bonds. The minimum Gasteiger partial charge on any atom is -0.447 e. The summed E-state index contributed by atoms with van der Waals surface area (Å²) in [4.78, 5) is 4.48. The number of rotatable bonds is 0. The van der Waals surface area contributed by atoms with Gasteiger partial charge < -0.3 is 4.74 Å². The van der Waals surface area contributed by atoms with Crippen molar-refractivity contribution >= 4 is 11.9 Å². The van der Waals surface area contributed by atoms with E-state index < -0.39 is 0 Å². The summed E-state index contributed by atoms with van der Waals surface area (Å²) in [5.41, 5.74) is 2.86. The third-order valence-electron chi connectivity index (χ3n) is 3.32. The van der Waals surface area contributed by atoms with Crippen LogP contribution in [0.25, 0.3) is 0 Å². The zero-order valence-electron chi connectivity index (χ0n) is 8.92. The summed E-state index contributed by atoms with van der Waals surface area (Å²) < 4.78 is 5.40. The van der Waals surface area contributed by atoms with Crippen LogP contribution in [-0.4, -0.2) is 16.4 Å². The highest BCUT2D eigenvalue weighted by Gasteiger charge is 2.41. The molecule has 1 unspecified atom stereocenters. The SMILES string of the molecule is C1=CC2(C=Nc3ccccc32)c2cn[nH]c2O1. The molecule has 1 spiro atoms. The van der Waals surface area contributed by atoms with Gasteiger partial charge in [-0.1, -0.05) is 18.2 Å². The molecule has 0 saturated carbocycles. The molecule has 4 nitrogen and oxygen atoms in total. The molecule has 4 heteroatoms. The highest BCUT2D eigenvalue weighted by Crippen LogP contribution is 2.46. The van der Waals surface area contributed by atoms with E-state index in [2.05, 4.69) is 21.3 Å². The number of aromatic amines is 1. The van der Waals surface area contributed by atoms with Crippen LogP contribution >= 0.6 is 0 Å². The Morgan fingerprint density at radius 3 is 3.12 bits per heavy atom. The zero-order chi connectivity index (χ0) is 11.3. The molecule has 0 aliphatic carbocycles. The number of hydrogen-bond donors (Lipinski definition) is 1. The van der Waals surface area contributed by atoms with E-state index in [0.29, 0.717) is 5.88 Å². The maximum Gasteiger partial charge on any atom is 0.219 e. The maximum atomic E-state index is 5.40. The second-order valence-electron chi connectivity index (χ2n) is 4.18. The Kier molecular flexibility index (Phi) is 1.47. The van der Waals surface area contributed by atoms with E-state index in [9.17, 15) is 0 Å². The number of allylic oxidation sites excluding steroid dienone is 1. The lowest BCUT2D eigenvalue weighted by atomic mass is 9.77. The molecule has 0 fully saturated rings. The first-order valence-corrected chi connectivity index (χ1v) is 5.43. The van der Waals surface area contributed by atoms with Crippen LogP contribution in [0.4, 0.5) is 5.69 Å². The van der Waals surface area contributed by atoms with E-state index >= 15 is 0 Å². The highest BCUT2D eigenvalue weighted by atomic mass is 16.5. The van der Waals surface area contributed by atoms with Gasteiger partial charge in [-0.3, -0.25) is 4.99 Å². The third kappa shape index (κ3) is 0.970. The Hall–Kier alpha value is -2.36. The summed E-state index contributed by atoms with van der Waals surface area (Å²) in [5.74, 6) is 0.690. The molecule has 1 aromatic carbocycles. The lowest BCUT2D eigenvalue weighted by Crippen LogP contribution is -2.26. The monoisotopic (exact) mass is 223 g/mol. The van der Waals surface area contributed by atoms with Gasteiger partial charge in [0.15, 0.2) is 0 Å². The van der Waals surface area contributed by atoms with Crippen molar-refractivity contribution in [3.63, 3.8) is 0 Å². The van der Waals surface area contributed by atoms with Gasteiger partial charge in [0.2, 0.25) is 5.88 Å². The van der Waals surface area contributed by atoms with Gasteiger partial charge in [0, 0.05) is 6.21 Å². The molecule has 82 valence electrons. The summed E-state index contributed by atoms with van der Waals surface area (Å²) in [5, 5.41) is 6.90. The Morgan fingerprint density at radius 1 is 1.18 bits per heavy atom. The molecule has 0 radical (unpaired) electrons. The van der Waals surface area contributed by atoms with Crippen LogP contribution < -0.4 is 4.74 Å². The van der Waals surface area contributed by atoms with Crippen LogP contribution in [0.2, 0.25) is 0 Å². The molecule has 1 N–H and O–H groups in total. The van der Waals surface area contributed by atoms with Crippen LogP contribution in [0.15, 0.2) is 47.8 Å². The van der Waals surface area contributed by atoms with Crippen molar-refractivity contribution in [2.45, 2.75) is 5.41 Å². The largest absolute Gasteiger partial charge is 0.447 e. The number of benzene rings is 1. The van der Waals surface area contributed by atoms with Crippen LogP contribution in [0.5, 0.6) is 5.88 Å². The van der Waals surface area contributed by atoms with Crippen molar-refractivity contribution in [3.8, 4) is 5.88 Å². The molecule has 1 aromatic heterocycles. The number of fused-ring (bicyclic) bond motifs is 4. The maximum absolute atomic E-state index is 5.40. The molecule has 17 heavy (non-hydrogen) atoms. The highest BCUT2D eigenvalue weighted by molar-refractivity contribution is 5.92. The van der Waals surface area contributed by atoms with E-state index in [-0.39, 0.29) is 5.41 Å². The predicted molar refractivity (Wildman–Crippen MR) is 63.7 cm³/mol. The molecule has 1 atom stereocenters. The van der Waals surface area contributed by atoms with Gasteiger partial charge in [-0.25, -0.2) is 5.10 Å². The van der Waals surface area contributed by atoms with E-state index in [0.717, 1.165) is 11.3 Å². The Labute approximate surface area is 97.7 Å².